The number of hydrogen-bond acceptors (Lipinski definition) is 3. The van der Waals surface area contributed by atoms with Gasteiger partial charge in [-0.25, -0.2) is 5.48 Å². The molecule has 4 heteroatoms. The highest BCUT2D eigenvalue weighted by Gasteiger charge is 2.18. The molecule has 1 amide bonds. The molecule has 0 fully saturated rings. The van der Waals surface area contributed by atoms with E-state index >= 15 is 0 Å². The normalized spacial score (nSPS) is 14.2. The molecule has 22 heavy (non-hydrogen) atoms. The van der Waals surface area contributed by atoms with Gasteiger partial charge in [0.2, 0.25) is 0 Å². The summed E-state index contributed by atoms with van der Waals surface area (Å²) in [6, 6.07) is 16.6. The summed E-state index contributed by atoms with van der Waals surface area (Å²) in [6.07, 6.45) is 3.02. The summed E-state index contributed by atoms with van der Waals surface area (Å²) in [5, 5.41) is 8.49. The van der Waals surface area contributed by atoms with E-state index in [1.54, 1.807) is 11.6 Å². The lowest BCUT2D eigenvalue weighted by molar-refractivity contribution is -0.124. The van der Waals surface area contributed by atoms with Crippen LogP contribution in [0.2, 0.25) is 0 Å². The summed E-state index contributed by atoms with van der Waals surface area (Å²) in [5.41, 5.74) is 6.49. The number of carbonyl (C=O) groups is 1. The predicted octanol–water partition coefficient (Wildman–Crippen LogP) is 2.72. The number of carbonyl (C=O) groups excluding carboxylic acids is 1. The molecule has 0 saturated heterocycles. The van der Waals surface area contributed by atoms with E-state index in [9.17, 15) is 4.79 Å². The quantitative estimate of drug-likeness (QED) is 0.518. The number of nitrogens with one attached hydrogen (secondary N) is 1. The van der Waals surface area contributed by atoms with Gasteiger partial charge in [-0.05, 0) is 28.3 Å². The highest BCUT2D eigenvalue weighted by atomic mass is 16.5. The van der Waals surface area contributed by atoms with Crippen LogP contribution in [0.15, 0.2) is 54.6 Å². The molecule has 1 aliphatic rings. The molecule has 2 aromatic rings. The first-order valence-electron chi connectivity index (χ1n) is 7.25. The number of benzene rings is 2. The van der Waals surface area contributed by atoms with Gasteiger partial charge in [0.1, 0.15) is 0 Å². The average Bonchev–Trinajstić information content (AvgIpc) is 2.94. The Kier molecular flexibility index (Phi) is 4.32. The lowest BCUT2D eigenvalue weighted by Crippen LogP contribution is -2.15. The van der Waals surface area contributed by atoms with Crippen molar-refractivity contribution in [3.63, 3.8) is 0 Å². The molecule has 2 aromatic carbocycles. The van der Waals surface area contributed by atoms with Crippen molar-refractivity contribution in [2.75, 3.05) is 0 Å². The van der Waals surface area contributed by atoms with Gasteiger partial charge >= 0.3 is 0 Å². The summed E-state index contributed by atoms with van der Waals surface area (Å²) in [5.74, 6) is -0.522. The van der Waals surface area contributed by atoms with Crippen molar-refractivity contribution < 1.29 is 10.0 Å². The summed E-state index contributed by atoms with van der Waals surface area (Å²) < 4.78 is 0. The van der Waals surface area contributed by atoms with Gasteiger partial charge < -0.3 is 0 Å². The molecule has 1 aliphatic heterocycles. The minimum Gasteiger partial charge on any atom is -0.291 e. The molecule has 0 radical (unpaired) electrons. The van der Waals surface area contributed by atoms with Gasteiger partial charge in [0.15, 0.2) is 0 Å². The smallest absolute Gasteiger partial charge is 0.267 e. The third-order valence-corrected chi connectivity index (χ3v) is 3.80. The molecule has 0 saturated carbocycles. The fourth-order valence-electron chi connectivity index (χ4n) is 2.75. The van der Waals surface area contributed by atoms with Gasteiger partial charge in [-0.15, -0.1) is 0 Å². The van der Waals surface area contributed by atoms with E-state index in [0.717, 1.165) is 25.2 Å². The number of nitrogens with zero attached hydrogens (tertiary/aromatic N) is 1. The number of amides is 1. The number of rotatable bonds is 4. The summed E-state index contributed by atoms with van der Waals surface area (Å²) in [6.45, 7) is 2.80. The lowest BCUT2D eigenvalue weighted by atomic mass is 10.1. The largest absolute Gasteiger partial charge is 0.291 e. The molecule has 0 spiro atoms. The summed E-state index contributed by atoms with van der Waals surface area (Å²) >= 11 is 0. The van der Waals surface area contributed by atoms with E-state index in [-0.39, 0.29) is 0 Å². The second kappa shape index (κ2) is 6.56. The molecule has 0 aromatic heterocycles. The molecule has 112 valence electrons. The van der Waals surface area contributed by atoms with Crippen LogP contribution in [-0.4, -0.2) is 16.0 Å². The molecule has 0 unspecified atom stereocenters. The van der Waals surface area contributed by atoms with Crippen LogP contribution >= 0.6 is 0 Å². The minimum atomic E-state index is -0.522. The molecule has 0 aliphatic carbocycles. The fourth-order valence-corrected chi connectivity index (χ4v) is 2.75. The van der Waals surface area contributed by atoms with Crippen LogP contribution in [0.1, 0.15) is 22.3 Å². The van der Waals surface area contributed by atoms with E-state index in [1.165, 1.54) is 22.8 Å². The first-order valence-corrected chi connectivity index (χ1v) is 7.25. The SMILES string of the molecule is O=C(/C=C/c1ccc2c(c1)CN(Cc1ccccc1)C2)NO. The Labute approximate surface area is 129 Å². The molecular weight excluding hydrogens is 276 g/mol. The van der Waals surface area contributed by atoms with Crippen LogP contribution in [0, 0.1) is 0 Å². The maximum absolute atomic E-state index is 11.0. The topological polar surface area (TPSA) is 52.6 Å². The first kappa shape index (κ1) is 14.5. The number of hydroxylamine groups is 1. The maximum Gasteiger partial charge on any atom is 0.267 e. The third kappa shape index (κ3) is 3.42. The molecule has 4 nitrogen and oxygen atoms in total. The van der Waals surface area contributed by atoms with Gasteiger partial charge in [0, 0.05) is 25.7 Å². The zero-order valence-electron chi connectivity index (χ0n) is 12.2. The second-order valence-corrected chi connectivity index (χ2v) is 5.47. The zero-order valence-corrected chi connectivity index (χ0v) is 12.2. The predicted molar refractivity (Wildman–Crippen MR) is 84.8 cm³/mol. The van der Waals surface area contributed by atoms with Crippen LogP contribution in [0.4, 0.5) is 0 Å². The van der Waals surface area contributed by atoms with Crippen molar-refractivity contribution >= 4 is 12.0 Å². The van der Waals surface area contributed by atoms with E-state index in [2.05, 4.69) is 41.3 Å². The van der Waals surface area contributed by atoms with Gasteiger partial charge in [-0.1, -0.05) is 48.5 Å². The van der Waals surface area contributed by atoms with Crippen LogP contribution < -0.4 is 5.48 Å². The molecule has 1 heterocycles. The highest BCUT2D eigenvalue weighted by molar-refractivity contribution is 5.90. The van der Waals surface area contributed by atoms with E-state index < -0.39 is 5.91 Å². The van der Waals surface area contributed by atoms with Crippen molar-refractivity contribution in [1.29, 1.82) is 0 Å². The fraction of sp³-hybridized carbons (Fsp3) is 0.167. The number of hydrogen-bond donors (Lipinski definition) is 2. The van der Waals surface area contributed by atoms with Crippen molar-refractivity contribution in [2.24, 2.45) is 0 Å². The van der Waals surface area contributed by atoms with Crippen LogP contribution in [0.25, 0.3) is 6.08 Å². The van der Waals surface area contributed by atoms with Crippen molar-refractivity contribution in [2.45, 2.75) is 19.6 Å². The average molecular weight is 294 g/mol. The second-order valence-electron chi connectivity index (χ2n) is 5.47. The molecule has 0 bridgehead atoms. The Morgan fingerprint density at radius 1 is 1.14 bits per heavy atom. The van der Waals surface area contributed by atoms with Crippen LogP contribution in [0.3, 0.4) is 0 Å². The molecule has 0 atom stereocenters. The first-order chi connectivity index (χ1) is 10.7. The Hall–Kier alpha value is -2.43. The lowest BCUT2D eigenvalue weighted by Gasteiger charge is -2.14. The van der Waals surface area contributed by atoms with E-state index in [4.69, 9.17) is 5.21 Å². The Bertz CT molecular complexity index is 695. The standard InChI is InChI=1S/C18H18N2O2/c21-18(19-22)9-7-14-6-8-16-12-20(13-17(16)10-14)11-15-4-2-1-3-5-15/h1-10,22H,11-13H2,(H,19,21)/b9-7+. The molecule has 2 N–H and O–H groups in total. The van der Waals surface area contributed by atoms with Crippen molar-refractivity contribution in [3.05, 3.63) is 76.9 Å². The summed E-state index contributed by atoms with van der Waals surface area (Å²) in [4.78, 5) is 13.4. The maximum atomic E-state index is 11.0. The van der Waals surface area contributed by atoms with Gasteiger partial charge in [0.05, 0.1) is 0 Å². The van der Waals surface area contributed by atoms with E-state index in [0.29, 0.717) is 0 Å². The van der Waals surface area contributed by atoms with Crippen molar-refractivity contribution in [3.8, 4) is 0 Å². The van der Waals surface area contributed by atoms with Crippen LogP contribution in [0.5, 0.6) is 0 Å². The Morgan fingerprint density at radius 2 is 1.91 bits per heavy atom. The Balaban J connectivity index is 1.68. The van der Waals surface area contributed by atoms with Gasteiger partial charge in [0.25, 0.3) is 5.91 Å². The molecular formula is C18H18N2O2. The minimum absolute atomic E-state index is 0.522. The highest BCUT2D eigenvalue weighted by Crippen LogP contribution is 2.25. The van der Waals surface area contributed by atoms with Gasteiger partial charge in [-0.3, -0.25) is 14.9 Å². The Morgan fingerprint density at radius 3 is 2.68 bits per heavy atom. The zero-order chi connectivity index (χ0) is 15.4. The number of fused-ring (bicyclic) bond motifs is 1. The third-order valence-electron chi connectivity index (χ3n) is 3.80. The monoisotopic (exact) mass is 294 g/mol. The molecule has 3 rings (SSSR count). The summed E-state index contributed by atoms with van der Waals surface area (Å²) in [7, 11) is 0. The van der Waals surface area contributed by atoms with Crippen molar-refractivity contribution in [1.82, 2.24) is 10.4 Å². The van der Waals surface area contributed by atoms with Crippen LogP contribution in [-0.2, 0) is 24.4 Å². The van der Waals surface area contributed by atoms with E-state index in [1.807, 2.05) is 12.1 Å². The van der Waals surface area contributed by atoms with Gasteiger partial charge in [-0.2, -0.15) is 0 Å².